The third-order valence-electron chi connectivity index (χ3n) is 12.7. The van der Waals surface area contributed by atoms with E-state index in [2.05, 4.69) is 42.2 Å². The summed E-state index contributed by atoms with van der Waals surface area (Å²) < 4.78 is 0. The molecular weight excluding hydrogens is 935 g/mol. The lowest BCUT2D eigenvalue weighted by molar-refractivity contribution is -0.143. The third-order valence-corrected chi connectivity index (χ3v) is 12.7. The molecule has 12 N–H and O–H groups in total. The number of H-pyrrole nitrogens is 1. The lowest BCUT2D eigenvalue weighted by Gasteiger charge is -2.31. The van der Waals surface area contributed by atoms with Crippen LogP contribution >= 0.6 is 0 Å². The van der Waals surface area contributed by atoms with Gasteiger partial charge in [-0.1, -0.05) is 58.0 Å². The molecule has 0 radical (unpaired) electrons. The van der Waals surface area contributed by atoms with Crippen molar-refractivity contribution in [2.45, 2.75) is 115 Å². The maximum atomic E-state index is 14.1. The Morgan fingerprint density at radius 1 is 0.653 bits per heavy atom. The van der Waals surface area contributed by atoms with Gasteiger partial charge in [0.1, 0.15) is 48.5 Å². The quantitative estimate of drug-likeness (QED) is 0.0526. The fourth-order valence-corrected chi connectivity index (χ4v) is 8.59. The Labute approximate surface area is 416 Å². The topological polar surface area (TPSA) is 344 Å². The molecule has 23 heteroatoms. The zero-order valence-corrected chi connectivity index (χ0v) is 41.1. The number of likely N-dealkylation sites (tertiary alicyclic amines) is 2. The highest BCUT2D eigenvalue weighted by Crippen LogP contribution is 2.23. The molecule has 72 heavy (non-hydrogen) atoms. The maximum absolute atomic E-state index is 14.1. The number of carboxylic acid groups (broad SMARTS) is 1. The number of hydrogen-bond donors (Lipinski definition) is 11. The second kappa shape index (κ2) is 25.5. The second-order valence-electron chi connectivity index (χ2n) is 18.8. The molecule has 1 aromatic heterocycles. The van der Waals surface area contributed by atoms with E-state index in [0.717, 1.165) is 10.9 Å². The smallest absolute Gasteiger partial charge is 0.322 e. The van der Waals surface area contributed by atoms with E-state index < -0.39 is 121 Å². The van der Waals surface area contributed by atoms with E-state index in [4.69, 9.17) is 10.8 Å². The van der Waals surface area contributed by atoms with Crippen molar-refractivity contribution in [1.82, 2.24) is 52.0 Å². The first-order chi connectivity index (χ1) is 34.1. The van der Waals surface area contributed by atoms with Crippen LogP contribution in [0.3, 0.4) is 0 Å². The molecule has 2 fully saturated rings. The van der Waals surface area contributed by atoms with E-state index in [1.54, 1.807) is 20.0 Å². The molecule has 0 bridgehead atoms. The van der Waals surface area contributed by atoms with Crippen molar-refractivity contribution in [1.29, 1.82) is 0 Å². The van der Waals surface area contributed by atoms with Gasteiger partial charge in [0.05, 0.1) is 19.1 Å². The van der Waals surface area contributed by atoms with Crippen LogP contribution in [0.25, 0.3) is 10.9 Å². The number of aromatic amines is 1. The molecule has 2 aliphatic heterocycles. The van der Waals surface area contributed by atoms with Gasteiger partial charge >= 0.3 is 5.97 Å². The van der Waals surface area contributed by atoms with Crippen molar-refractivity contribution in [3.05, 3.63) is 65.9 Å². The fraction of sp³-hybridized carbons (Fsp3) is 0.510. The molecule has 3 heterocycles. The zero-order chi connectivity index (χ0) is 52.8. The standard InChI is InChI=1S/C49H67N11O12/c1-26(2)41(50)48(71)59-18-8-12-36(59)46(69)53-23-38(62)56-35(21-30-22-51-33-11-7-6-10-32(30)33)45(68)52-24-39(63)58-42(27(3)4)49(72)60-19-9-13-37(60)47(70)55-28(5)43(66)57-34(44(67)54-25-40(64)65)20-29-14-16-31(61)17-15-29/h6-7,10-11,14-17,22,26-28,34-37,41-42,51,61H,8-9,12-13,18-21,23-25,50H2,1-5H3,(H,52,68)(H,53,69)(H,54,67)(H,55,70)(H,56,62)(H,57,66)(H,58,63)(H,64,65)/t28-,34-,35-,36-,37-,41-,42-/m0/s1. The number of aliphatic carboxylic acids is 1. The minimum absolute atomic E-state index is 0.0105. The summed E-state index contributed by atoms with van der Waals surface area (Å²) in [7, 11) is 0. The normalized spacial score (nSPS) is 17.6. The molecule has 0 saturated carbocycles. The van der Waals surface area contributed by atoms with Crippen LogP contribution in [-0.2, 0) is 60.8 Å². The number of rotatable bonds is 23. The molecule has 390 valence electrons. The number of phenolic OH excluding ortho intramolecular Hbond substituents is 1. The van der Waals surface area contributed by atoms with Gasteiger partial charge in [0, 0.05) is 43.0 Å². The summed E-state index contributed by atoms with van der Waals surface area (Å²) in [6.45, 7) is 7.06. The number of carboxylic acids is 1. The average molecular weight is 1000 g/mol. The SMILES string of the molecule is CC(C)[C@H](N)C(=O)N1CCC[C@H]1C(=O)NCC(=O)N[C@@H](Cc1c[nH]c2ccccc12)C(=O)NCC(=O)N[C@H](C(=O)N1CCC[C@H]1C(=O)N[C@@H](C)C(=O)N[C@@H](Cc1ccc(O)cc1)C(=O)NCC(=O)O)C(C)C. The highest BCUT2D eigenvalue weighted by Gasteiger charge is 2.40. The van der Waals surface area contributed by atoms with Gasteiger partial charge < -0.3 is 67.9 Å². The number of para-hydroxylation sites is 1. The van der Waals surface area contributed by atoms with E-state index >= 15 is 0 Å². The molecule has 0 aliphatic carbocycles. The summed E-state index contributed by atoms with van der Waals surface area (Å²) in [6.07, 6.45) is 3.26. The van der Waals surface area contributed by atoms with Crippen LogP contribution in [0.15, 0.2) is 54.7 Å². The Hall–Kier alpha value is -7.56. The van der Waals surface area contributed by atoms with Crippen molar-refractivity contribution in [2.75, 3.05) is 32.7 Å². The first-order valence-corrected chi connectivity index (χ1v) is 24.1. The minimum Gasteiger partial charge on any atom is -0.508 e. The number of carbonyl (C=O) groups is 10. The molecule has 2 aromatic carbocycles. The summed E-state index contributed by atoms with van der Waals surface area (Å²) in [4.78, 5) is 138. The van der Waals surface area contributed by atoms with Gasteiger partial charge in [-0.3, -0.25) is 47.9 Å². The van der Waals surface area contributed by atoms with Crippen molar-refractivity contribution in [3.8, 4) is 5.75 Å². The molecule has 2 aliphatic rings. The van der Waals surface area contributed by atoms with Crippen molar-refractivity contribution in [3.63, 3.8) is 0 Å². The lowest BCUT2D eigenvalue weighted by atomic mass is 10.0. The van der Waals surface area contributed by atoms with Gasteiger partial charge in [0.2, 0.25) is 53.2 Å². The fourth-order valence-electron chi connectivity index (χ4n) is 8.59. The summed E-state index contributed by atoms with van der Waals surface area (Å²) in [5.74, 6) is -7.86. The summed E-state index contributed by atoms with van der Waals surface area (Å²) in [6, 6.07) is 5.69. The second-order valence-corrected chi connectivity index (χ2v) is 18.8. The molecular formula is C49H67N11O12. The minimum atomic E-state index is -1.30. The number of carbonyl (C=O) groups excluding carboxylic acids is 9. The van der Waals surface area contributed by atoms with Gasteiger partial charge in [-0.25, -0.2) is 0 Å². The van der Waals surface area contributed by atoms with Crippen LogP contribution in [0.2, 0.25) is 0 Å². The van der Waals surface area contributed by atoms with Crippen LogP contribution in [0.1, 0.15) is 71.4 Å². The van der Waals surface area contributed by atoms with E-state index in [0.29, 0.717) is 36.9 Å². The molecule has 2 saturated heterocycles. The van der Waals surface area contributed by atoms with Gasteiger partial charge in [0.25, 0.3) is 0 Å². The van der Waals surface area contributed by atoms with Crippen molar-refractivity contribution in [2.24, 2.45) is 17.6 Å². The largest absolute Gasteiger partial charge is 0.508 e. The lowest BCUT2D eigenvalue weighted by Crippen LogP contribution is -2.59. The highest BCUT2D eigenvalue weighted by atomic mass is 16.4. The molecule has 3 aromatic rings. The summed E-state index contributed by atoms with van der Waals surface area (Å²) >= 11 is 0. The molecule has 7 atom stereocenters. The molecule has 9 amide bonds. The summed E-state index contributed by atoms with van der Waals surface area (Å²) in [5, 5.41) is 37.3. The van der Waals surface area contributed by atoms with E-state index in [1.165, 1.54) is 41.0 Å². The molecule has 0 unspecified atom stereocenters. The van der Waals surface area contributed by atoms with Crippen LogP contribution in [0.4, 0.5) is 0 Å². The number of benzene rings is 2. The maximum Gasteiger partial charge on any atom is 0.322 e. The van der Waals surface area contributed by atoms with Gasteiger partial charge in [-0.05, 0) is 73.8 Å². The van der Waals surface area contributed by atoms with Crippen LogP contribution < -0.4 is 43.0 Å². The number of phenols is 1. The van der Waals surface area contributed by atoms with E-state index in [-0.39, 0.29) is 43.4 Å². The number of nitrogens with two attached hydrogens (primary N) is 1. The Morgan fingerprint density at radius 3 is 1.85 bits per heavy atom. The predicted molar refractivity (Wildman–Crippen MR) is 261 cm³/mol. The van der Waals surface area contributed by atoms with E-state index in [9.17, 15) is 53.1 Å². The third kappa shape index (κ3) is 15.0. The number of nitrogens with zero attached hydrogens (tertiary/aromatic N) is 2. The summed E-state index contributed by atoms with van der Waals surface area (Å²) in [5.41, 5.74) is 8.09. The Kier molecular flexibility index (Phi) is 19.6. The molecule has 0 spiro atoms. The van der Waals surface area contributed by atoms with Gasteiger partial charge in [-0.2, -0.15) is 0 Å². The molecule has 5 rings (SSSR count). The zero-order valence-electron chi connectivity index (χ0n) is 41.1. The first kappa shape index (κ1) is 55.4. The average Bonchev–Trinajstić information content (AvgIpc) is 4.14. The van der Waals surface area contributed by atoms with Crippen LogP contribution in [0.5, 0.6) is 5.75 Å². The van der Waals surface area contributed by atoms with Gasteiger partial charge in [0.15, 0.2) is 0 Å². The Bertz CT molecular complexity index is 2480. The Balaban J connectivity index is 1.18. The monoisotopic (exact) mass is 1000 g/mol. The van der Waals surface area contributed by atoms with Crippen LogP contribution in [0, 0.1) is 11.8 Å². The predicted octanol–water partition coefficient (Wildman–Crippen LogP) is -1.33. The number of amides is 9. The van der Waals surface area contributed by atoms with E-state index in [1.807, 2.05) is 38.1 Å². The molecule has 23 nitrogen and oxygen atoms in total. The highest BCUT2D eigenvalue weighted by molar-refractivity contribution is 5.98. The number of nitrogens with one attached hydrogen (secondary N) is 8. The Morgan fingerprint density at radius 2 is 1.22 bits per heavy atom. The van der Waals surface area contributed by atoms with Crippen molar-refractivity contribution < 1.29 is 58.2 Å². The number of aromatic hydroxyl groups is 1. The number of aromatic nitrogens is 1. The van der Waals surface area contributed by atoms with Crippen molar-refractivity contribution >= 4 is 70.0 Å². The number of fused-ring (bicyclic) bond motifs is 1. The number of hydrogen-bond acceptors (Lipinski definition) is 12. The van der Waals surface area contributed by atoms with Crippen LogP contribution in [-0.4, -0.2) is 159 Å². The van der Waals surface area contributed by atoms with Gasteiger partial charge in [-0.15, -0.1) is 0 Å². The first-order valence-electron chi connectivity index (χ1n) is 24.1.